The van der Waals surface area contributed by atoms with Crippen LogP contribution in [0.25, 0.3) is 0 Å². The van der Waals surface area contributed by atoms with E-state index in [-0.39, 0.29) is 16.4 Å². The van der Waals surface area contributed by atoms with Crippen LogP contribution in [-0.4, -0.2) is 15.7 Å². The predicted octanol–water partition coefficient (Wildman–Crippen LogP) is 5.16. The van der Waals surface area contributed by atoms with Crippen molar-refractivity contribution in [3.05, 3.63) is 82.1 Å². The SMILES string of the molecule is Cc1nn(Cc2ccccc2)c(Cl)c1C(=O)Nc1ccc(C(F)(F)F)cc1. The first-order valence-electron chi connectivity index (χ1n) is 8.01. The lowest BCUT2D eigenvalue weighted by Crippen LogP contribution is -2.13. The van der Waals surface area contributed by atoms with E-state index in [0.717, 1.165) is 17.7 Å². The summed E-state index contributed by atoms with van der Waals surface area (Å²) < 4.78 is 39.4. The fraction of sp³-hybridized carbons (Fsp3) is 0.158. The van der Waals surface area contributed by atoms with E-state index in [0.29, 0.717) is 12.2 Å². The fourth-order valence-corrected chi connectivity index (χ4v) is 2.93. The molecule has 0 aliphatic heterocycles. The number of alkyl halides is 3. The Kier molecular flexibility index (Phi) is 5.23. The molecule has 0 aliphatic carbocycles. The minimum Gasteiger partial charge on any atom is -0.322 e. The van der Waals surface area contributed by atoms with Crippen LogP contribution in [0.2, 0.25) is 5.15 Å². The fourth-order valence-electron chi connectivity index (χ4n) is 2.61. The highest BCUT2D eigenvalue weighted by atomic mass is 35.5. The van der Waals surface area contributed by atoms with E-state index in [1.54, 1.807) is 6.92 Å². The van der Waals surface area contributed by atoms with Crippen LogP contribution in [0.15, 0.2) is 54.6 Å². The minimum absolute atomic E-state index is 0.167. The van der Waals surface area contributed by atoms with E-state index < -0.39 is 17.6 Å². The number of carbonyl (C=O) groups is 1. The Bertz CT molecular complexity index is 951. The molecule has 1 aromatic heterocycles. The van der Waals surface area contributed by atoms with E-state index in [2.05, 4.69) is 10.4 Å². The number of benzene rings is 2. The van der Waals surface area contributed by atoms with Crippen molar-refractivity contribution in [3.8, 4) is 0 Å². The summed E-state index contributed by atoms with van der Waals surface area (Å²) in [5.74, 6) is -0.531. The second kappa shape index (κ2) is 7.44. The smallest absolute Gasteiger partial charge is 0.322 e. The molecule has 140 valence electrons. The maximum absolute atomic E-state index is 12.6. The number of nitrogens with one attached hydrogen (secondary N) is 1. The number of carbonyl (C=O) groups excluding carboxylic acids is 1. The molecule has 0 spiro atoms. The van der Waals surface area contributed by atoms with Gasteiger partial charge in [-0.15, -0.1) is 0 Å². The number of anilines is 1. The van der Waals surface area contributed by atoms with Gasteiger partial charge in [0.05, 0.1) is 23.4 Å². The summed E-state index contributed by atoms with van der Waals surface area (Å²) in [5.41, 5.74) is 1.04. The number of halogens is 4. The van der Waals surface area contributed by atoms with Crippen LogP contribution < -0.4 is 5.32 Å². The van der Waals surface area contributed by atoms with Crippen molar-refractivity contribution in [2.75, 3.05) is 5.32 Å². The Balaban J connectivity index is 1.79. The maximum Gasteiger partial charge on any atom is 0.416 e. The van der Waals surface area contributed by atoms with Crippen LogP contribution in [0.1, 0.15) is 27.2 Å². The summed E-state index contributed by atoms with van der Waals surface area (Å²) in [6.45, 7) is 2.04. The third kappa shape index (κ3) is 4.31. The summed E-state index contributed by atoms with van der Waals surface area (Å²) in [5, 5.41) is 7.01. The lowest BCUT2D eigenvalue weighted by Gasteiger charge is -2.09. The highest BCUT2D eigenvalue weighted by molar-refractivity contribution is 6.33. The molecule has 27 heavy (non-hydrogen) atoms. The summed E-state index contributed by atoms with van der Waals surface area (Å²) in [6, 6.07) is 13.7. The van der Waals surface area contributed by atoms with Gasteiger partial charge in [-0.25, -0.2) is 4.68 Å². The maximum atomic E-state index is 12.6. The Morgan fingerprint density at radius 3 is 2.33 bits per heavy atom. The molecular weight excluding hydrogens is 379 g/mol. The Morgan fingerprint density at radius 2 is 1.74 bits per heavy atom. The van der Waals surface area contributed by atoms with Crippen LogP contribution in [0.5, 0.6) is 0 Å². The van der Waals surface area contributed by atoms with Gasteiger partial charge in [-0.05, 0) is 36.8 Å². The highest BCUT2D eigenvalue weighted by Gasteiger charge is 2.30. The van der Waals surface area contributed by atoms with Crippen LogP contribution in [0, 0.1) is 6.92 Å². The van der Waals surface area contributed by atoms with Gasteiger partial charge in [-0.1, -0.05) is 41.9 Å². The van der Waals surface area contributed by atoms with Gasteiger partial charge in [0.25, 0.3) is 5.91 Å². The van der Waals surface area contributed by atoms with Crippen LogP contribution >= 0.6 is 11.6 Å². The zero-order valence-corrected chi connectivity index (χ0v) is 15.0. The van der Waals surface area contributed by atoms with Gasteiger partial charge in [0.2, 0.25) is 0 Å². The Labute approximate surface area is 158 Å². The zero-order chi connectivity index (χ0) is 19.6. The van der Waals surface area contributed by atoms with Gasteiger partial charge in [-0.3, -0.25) is 4.79 Å². The molecule has 0 radical (unpaired) electrons. The molecule has 3 rings (SSSR count). The summed E-state index contributed by atoms with van der Waals surface area (Å²) in [6.07, 6.45) is -4.43. The molecule has 1 N–H and O–H groups in total. The number of amides is 1. The molecule has 0 unspecified atom stereocenters. The van der Waals surface area contributed by atoms with Gasteiger partial charge in [0.15, 0.2) is 0 Å². The molecule has 0 aliphatic rings. The average molecular weight is 394 g/mol. The topological polar surface area (TPSA) is 46.9 Å². The minimum atomic E-state index is -4.43. The predicted molar refractivity (Wildman–Crippen MR) is 96.9 cm³/mol. The zero-order valence-electron chi connectivity index (χ0n) is 14.2. The first kappa shape index (κ1) is 19.0. The number of aromatic nitrogens is 2. The molecule has 0 saturated carbocycles. The van der Waals surface area contributed by atoms with Gasteiger partial charge in [-0.2, -0.15) is 18.3 Å². The van der Waals surface area contributed by atoms with Crippen molar-refractivity contribution in [2.45, 2.75) is 19.6 Å². The number of aryl methyl sites for hydroxylation is 1. The Hall–Kier alpha value is -2.80. The third-order valence-electron chi connectivity index (χ3n) is 3.94. The third-order valence-corrected chi connectivity index (χ3v) is 4.32. The van der Waals surface area contributed by atoms with Gasteiger partial charge in [0.1, 0.15) is 5.15 Å². The molecule has 0 bridgehead atoms. The van der Waals surface area contributed by atoms with Gasteiger partial charge in [0, 0.05) is 5.69 Å². The molecule has 1 heterocycles. The molecular formula is C19H15ClF3N3O. The van der Waals surface area contributed by atoms with E-state index in [9.17, 15) is 18.0 Å². The number of nitrogens with zero attached hydrogens (tertiary/aromatic N) is 2. The Morgan fingerprint density at radius 1 is 1.11 bits per heavy atom. The number of hydrogen-bond acceptors (Lipinski definition) is 2. The monoisotopic (exact) mass is 393 g/mol. The van der Waals surface area contributed by atoms with Crippen molar-refractivity contribution in [2.24, 2.45) is 0 Å². The largest absolute Gasteiger partial charge is 0.416 e. The molecule has 8 heteroatoms. The lowest BCUT2D eigenvalue weighted by molar-refractivity contribution is -0.137. The molecule has 0 fully saturated rings. The highest BCUT2D eigenvalue weighted by Crippen LogP contribution is 2.30. The molecule has 2 aromatic carbocycles. The molecule has 0 saturated heterocycles. The number of rotatable bonds is 4. The van der Waals surface area contributed by atoms with Crippen LogP contribution in [-0.2, 0) is 12.7 Å². The van der Waals surface area contributed by atoms with Crippen molar-refractivity contribution >= 4 is 23.2 Å². The lowest BCUT2D eigenvalue weighted by atomic mass is 10.2. The average Bonchev–Trinajstić information content (AvgIpc) is 2.89. The quantitative estimate of drug-likeness (QED) is 0.665. The first-order valence-corrected chi connectivity index (χ1v) is 8.39. The second-order valence-corrected chi connectivity index (χ2v) is 6.28. The van der Waals surface area contributed by atoms with E-state index in [1.165, 1.54) is 16.8 Å². The summed E-state index contributed by atoms with van der Waals surface area (Å²) in [4.78, 5) is 12.5. The molecule has 1 amide bonds. The van der Waals surface area contributed by atoms with Crippen molar-refractivity contribution in [1.82, 2.24) is 9.78 Å². The van der Waals surface area contributed by atoms with Crippen molar-refractivity contribution < 1.29 is 18.0 Å². The standard InChI is InChI=1S/C19H15ClF3N3O/c1-12-16(17(20)26(25-12)11-13-5-3-2-4-6-13)18(27)24-15-9-7-14(8-10-15)19(21,22)23/h2-10H,11H2,1H3,(H,24,27). The molecule has 3 aromatic rings. The summed E-state index contributed by atoms with van der Waals surface area (Å²) in [7, 11) is 0. The van der Waals surface area contributed by atoms with Crippen LogP contribution in [0.3, 0.4) is 0 Å². The first-order chi connectivity index (χ1) is 12.8. The van der Waals surface area contributed by atoms with E-state index >= 15 is 0 Å². The second-order valence-electron chi connectivity index (χ2n) is 5.92. The van der Waals surface area contributed by atoms with E-state index in [4.69, 9.17) is 11.6 Å². The molecule has 4 nitrogen and oxygen atoms in total. The normalized spacial score (nSPS) is 11.4. The van der Waals surface area contributed by atoms with Crippen molar-refractivity contribution in [3.63, 3.8) is 0 Å². The van der Waals surface area contributed by atoms with Gasteiger partial charge >= 0.3 is 6.18 Å². The van der Waals surface area contributed by atoms with Crippen LogP contribution in [0.4, 0.5) is 18.9 Å². The summed E-state index contributed by atoms with van der Waals surface area (Å²) >= 11 is 6.32. The molecule has 0 atom stereocenters. The van der Waals surface area contributed by atoms with Crippen molar-refractivity contribution in [1.29, 1.82) is 0 Å². The number of hydrogen-bond donors (Lipinski definition) is 1. The van der Waals surface area contributed by atoms with Gasteiger partial charge < -0.3 is 5.32 Å². The van der Waals surface area contributed by atoms with E-state index in [1.807, 2.05) is 30.3 Å².